The van der Waals surface area contributed by atoms with Crippen molar-refractivity contribution < 1.29 is 19.8 Å². The van der Waals surface area contributed by atoms with Crippen LogP contribution >= 0.6 is 0 Å². The monoisotopic (exact) mass is 478 g/mol. The van der Waals surface area contributed by atoms with Crippen molar-refractivity contribution in [3.63, 3.8) is 0 Å². The minimum absolute atomic E-state index is 0.0238. The minimum Gasteiger partial charge on any atom is -0.507 e. The van der Waals surface area contributed by atoms with Crippen molar-refractivity contribution in [1.82, 2.24) is 30.4 Å². The molecule has 12 nitrogen and oxygen atoms in total. The molecular weight excluding hydrogens is 452 g/mol. The smallest absolute Gasteiger partial charge is 0.338 e. The largest absolute Gasteiger partial charge is 0.507 e. The SMILES string of the molecule is Nc1nnc(-c2ccccc2O)cc1N1CCN(CC(=O)NCCc2ncc(C(=O)O)cn2)CC1. The number of nitrogens with two attached hydrogens (primary N) is 1. The number of nitrogen functional groups attached to an aromatic ring is 1. The number of phenols is 1. The lowest BCUT2D eigenvalue weighted by atomic mass is 10.1. The van der Waals surface area contributed by atoms with E-state index in [-0.39, 0.29) is 23.8 Å². The zero-order valence-electron chi connectivity index (χ0n) is 19.0. The van der Waals surface area contributed by atoms with Crippen molar-refractivity contribution in [3.05, 3.63) is 54.1 Å². The second-order valence-electron chi connectivity index (χ2n) is 8.07. The van der Waals surface area contributed by atoms with Gasteiger partial charge in [0.1, 0.15) is 11.6 Å². The zero-order chi connectivity index (χ0) is 24.8. The predicted molar refractivity (Wildman–Crippen MR) is 128 cm³/mol. The molecule has 4 rings (SSSR count). The van der Waals surface area contributed by atoms with Crippen LogP contribution < -0.4 is 16.0 Å². The van der Waals surface area contributed by atoms with Gasteiger partial charge in [-0.25, -0.2) is 14.8 Å². The molecule has 35 heavy (non-hydrogen) atoms. The Hall–Kier alpha value is -4.32. The Labute approximate surface area is 201 Å². The Morgan fingerprint density at radius 1 is 1.06 bits per heavy atom. The van der Waals surface area contributed by atoms with Crippen LogP contribution in [-0.4, -0.2) is 86.4 Å². The molecule has 5 N–H and O–H groups in total. The third-order valence-electron chi connectivity index (χ3n) is 5.68. The summed E-state index contributed by atoms with van der Waals surface area (Å²) in [6.45, 7) is 3.28. The van der Waals surface area contributed by atoms with Crippen molar-refractivity contribution in [2.45, 2.75) is 6.42 Å². The number of phenolic OH excluding ortho intramolecular Hbond substituents is 1. The molecule has 2 aromatic heterocycles. The highest BCUT2D eigenvalue weighted by Gasteiger charge is 2.22. The van der Waals surface area contributed by atoms with Crippen molar-refractivity contribution in [1.29, 1.82) is 0 Å². The van der Waals surface area contributed by atoms with Crippen LogP contribution in [0.4, 0.5) is 11.5 Å². The number of rotatable bonds is 8. The number of aromatic carboxylic acids is 1. The molecular formula is C23H26N8O4. The first-order valence-electron chi connectivity index (χ1n) is 11.1. The Morgan fingerprint density at radius 3 is 2.46 bits per heavy atom. The molecule has 0 saturated carbocycles. The van der Waals surface area contributed by atoms with Crippen LogP contribution in [0.2, 0.25) is 0 Å². The fourth-order valence-corrected chi connectivity index (χ4v) is 3.78. The number of carboxylic acid groups (broad SMARTS) is 1. The normalized spacial score (nSPS) is 14.0. The van der Waals surface area contributed by atoms with Crippen LogP contribution in [0.15, 0.2) is 42.7 Å². The van der Waals surface area contributed by atoms with Crippen LogP contribution in [0.1, 0.15) is 16.2 Å². The summed E-state index contributed by atoms with van der Waals surface area (Å²) in [5, 5.41) is 30.0. The molecule has 0 spiro atoms. The lowest BCUT2D eigenvalue weighted by molar-refractivity contribution is -0.122. The Balaban J connectivity index is 1.26. The number of aromatic nitrogens is 4. The van der Waals surface area contributed by atoms with E-state index in [1.54, 1.807) is 18.2 Å². The minimum atomic E-state index is -1.08. The van der Waals surface area contributed by atoms with Gasteiger partial charge in [0.2, 0.25) is 5.91 Å². The number of anilines is 2. The van der Waals surface area contributed by atoms with Crippen LogP contribution in [0.25, 0.3) is 11.3 Å². The van der Waals surface area contributed by atoms with Crippen LogP contribution in [0.3, 0.4) is 0 Å². The quantitative estimate of drug-likeness (QED) is 0.353. The summed E-state index contributed by atoms with van der Waals surface area (Å²) in [6, 6.07) is 8.75. The molecule has 12 heteroatoms. The van der Waals surface area contributed by atoms with E-state index in [1.165, 1.54) is 12.4 Å². The number of carbonyl (C=O) groups is 2. The zero-order valence-corrected chi connectivity index (χ0v) is 19.0. The molecule has 1 fully saturated rings. The molecule has 0 aliphatic carbocycles. The first-order chi connectivity index (χ1) is 16.9. The van der Waals surface area contributed by atoms with Gasteiger partial charge >= 0.3 is 5.97 Å². The molecule has 0 atom stereocenters. The number of nitrogens with one attached hydrogen (secondary N) is 1. The standard InChI is InChI=1S/C23H26N8O4/c24-22-18(11-17(28-29-22)16-3-1-2-4-19(16)32)31-9-7-30(8-10-31)14-21(33)25-6-5-20-26-12-15(13-27-20)23(34)35/h1-4,11-13,32H,5-10,14H2,(H2,24,29)(H,25,33)(H,34,35). The highest BCUT2D eigenvalue weighted by Crippen LogP contribution is 2.31. The summed E-state index contributed by atoms with van der Waals surface area (Å²) in [5.41, 5.74) is 7.97. The van der Waals surface area contributed by atoms with Crippen LogP contribution in [0.5, 0.6) is 5.75 Å². The Morgan fingerprint density at radius 2 is 1.77 bits per heavy atom. The van der Waals surface area contributed by atoms with Crippen LogP contribution in [-0.2, 0) is 11.2 Å². The van der Waals surface area contributed by atoms with Gasteiger partial charge in [-0.3, -0.25) is 9.69 Å². The topological polar surface area (TPSA) is 171 Å². The van der Waals surface area contributed by atoms with E-state index in [4.69, 9.17) is 10.8 Å². The van der Waals surface area contributed by atoms with E-state index in [2.05, 4.69) is 35.3 Å². The van der Waals surface area contributed by atoms with E-state index < -0.39 is 5.97 Å². The first-order valence-corrected chi connectivity index (χ1v) is 11.1. The van der Waals surface area contributed by atoms with Gasteiger partial charge < -0.3 is 26.2 Å². The second kappa shape index (κ2) is 10.7. The van der Waals surface area contributed by atoms with Gasteiger partial charge in [0.15, 0.2) is 5.82 Å². The first kappa shape index (κ1) is 23.8. The number of hydrogen-bond donors (Lipinski definition) is 4. The average Bonchev–Trinajstić information content (AvgIpc) is 2.86. The van der Waals surface area contributed by atoms with E-state index >= 15 is 0 Å². The van der Waals surface area contributed by atoms with Gasteiger partial charge in [0, 0.05) is 57.1 Å². The number of nitrogens with zero attached hydrogens (tertiary/aromatic N) is 6. The summed E-state index contributed by atoms with van der Waals surface area (Å²) >= 11 is 0. The third-order valence-corrected chi connectivity index (χ3v) is 5.68. The molecule has 1 aliphatic rings. The molecule has 3 heterocycles. The Bertz CT molecular complexity index is 1200. The maximum absolute atomic E-state index is 12.3. The third kappa shape index (κ3) is 5.98. The van der Waals surface area contributed by atoms with Gasteiger partial charge in [-0.1, -0.05) is 12.1 Å². The van der Waals surface area contributed by atoms with E-state index in [0.717, 1.165) is 5.69 Å². The fraction of sp³-hybridized carbons (Fsp3) is 0.304. The summed E-state index contributed by atoms with van der Waals surface area (Å²) in [7, 11) is 0. The summed E-state index contributed by atoms with van der Waals surface area (Å²) < 4.78 is 0. The second-order valence-corrected chi connectivity index (χ2v) is 8.07. The molecule has 3 aromatic rings. The molecule has 0 bridgehead atoms. The maximum atomic E-state index is 12.3. The molecule has 0 unspecified atom stereocenters. The summed E-state index contributed by atoms with van der Waals surface area (Å²) in [4.78, 5) is 35.3. The fourth-order valence-electron chi connectivity index (χ4n) is 3.78. The van der Waals surface area contributed by atoms with Gasteiger partial charge in [-0.05, 0) is 18.2 Å². The molecule has 1 aliphatic heterocycles. The number of para-hydroxylation sites is 1. The number of aromatic hydroxyl groups is 1. The number of carboxylic acids is 1. The number of carbonyl (C=O) groups excluding carboxylic acids is 1. The highest BCUT2D eigenvalue weighted by molar-refractivity contribution is 5.86. The molecule has 182 valence electrons. The maximum Gasteiger partial charge on any atom is 0.338 e. The lowest BCUT2D eigenvalue weighted by Crippen LogP contribution is -2.49. The van der Waals surface area contributed by atoms with Crippen molar-refractivity contribution in [2.75, 3.05) is 49.9 Å². The lowest BCUT2D eigenvalue weighted by Gasteiger charge is -2.36. The summed E-state index contributed by atoms with van der Waals surface area (Å²) in [6.07, 6.45) is 2.91. The molecule has 1 aromatic carbocycles. The van der Waals surface area contributed by atoms with E-state index in [1.807, 2.05) is 12.1 Å². The van der Waals surface area contributed by atoms with Crippen molar-refractivity contribution >= 4 is 23.4 Å². The molecule has 1 amide bonds. The van der Waals surface area contributed by atoms with Gasteiger partial charge in [-0.15, -0.1) is 10.2 Å². The van der Waals surface area contributed by atoms with Gasteiger partial charge in [-0.2, -0.15) is 0 Å². The number of piperazine rings is 1. The van der Waals surface area contributed by atoms with Crippen molar-refractivity contribution in [2.24, 2.45) is 0 Å². The molecule has 1 saturated heterocycles. The Kier molecular flexibility index (Phi) is 7.31. The van der Waals surface area contributed by atoms with E-state index in [0.29, 0.717) is 62.0 Å². The van der Waals surface area contributed by atoms with E-state index in [9.17, 15) is 14.7 Å². The predicted octanol–water partition coefficient (Wildman–Crippen LogP) is 0.401. The number of benzene rings is 1. The summed E-state index contributed by atoms with van der Waals surface area (Å²) in [5.74, 6) is -0.280. The highest BCUT2D eigenvalue weighted by atomic mass is 16.4. The number of amides is 1. The van der Waals surface area contributed by atoms with Gasteiger partial charge in [0.05, 0.1) is 23.5 Å². The number of hydrogen-bond acceptors (Lipinski definition) is 10. The molecule has 0 radical (unpaired) electrons. The average molecular weight is 479 g/mol. The van der Waals surface area contributed by atoms with Gasteiger partial charge in [0.25, 0.3) is 0 Å². The van der Waals surface area contributed by atoms with Crippen LogP contribution in [0, 0.1) is 0 Å². The van der Waals surface area contributed by atoms with Crippen molar-refractivity contribution in [3.8, 4) is 17.0 Å².